The number of nitrogens with one attached hydrogen (secondary N) is 1. The maximum Gasteiger partial charge on any atom is 0.103 e. The van der Waals surface area contributed by atoms with E-state index in [2.05, 4.69) is 51.1 Å². The fraction of sp³-hybridized carbons (Fsp3) is 0.214. The molecule has 0 amide bonds. The van der Waals surface area contributed by atoms with Crippen LogP contribution in [-0.4, -0.2) is 6.04 Å². The van der Waals surface area contributed by atoms with Gasteiger partial charge in [-0.05, 0) is 63.8 Å². The summed E-state index contributed by atoms with van der Waals surface area (Å²) < 4.78 is 0.831. The Morgan fingerprint density at radius 1 is 1.44 bits per heavy atom. The van der Waals surface area contributed by atoms with Gasteiger partial charge in [0.25, 0.3) is 0 Å². The van der Waals surface area contributed by atoms with Gasteiger partial charge in [0.2, 0.25) is 0 Å². The van der Waals surface area contributed by atoms with Crippen molar-refractivity contribution in [1.29, 1.82) is 5.26 Å². The van der Waals surface area contributed by atoms with Crippen LogP contribution >= 0.6 is 27.3 Å². The minimum Gasteiger partial charge on any atom is -0.381 e. The van der Waals surface area contributed by atoms with Crippen LogP contribution in [0.3, 0.4) is 0 Å². The van der Waals surface area contributed by atoms with E-state index in [1.165, 1.54) is 5.56 Å². The van der Waals surface area contributed by atoms with E-state index in [9.17, 15) is 0 Å². The molecule has 2 rings (SSSR count). The summed E-state index contributed by atoms with van der Waals surface area (Å²) in [6.45, 7) is 2.12. The highest BCUT2D eigenvalue weighted by molar-refractivity contribution is 9.10. The second kappa shape index (κ2) is 6.03. The minimum absolute atomic E-state index is 0.293. The molecule has 1 atom stereocenters. The fourth-order valence-corrected chi connectivity index (χ4v) is 2.97. The predicted octanol–water partition coefficient (Wildman–Crippen LogP) is 4.43. The largest absolute Gasteiger partial charge is 0.381 e. The number of nitrogens with zero attached hydrogens (tertiary/aromatic N) is 1. The lowest BCUT2D eigenvalue weighted by molar-refractivity contribution is 0.792. The van der Waals surface area contributed by atoms with Gasteiger partial charge in [0, 0.05) is 10.5 Å². The monoisotopic (exact) mass is 320 g/mol. The van der Waals surface area contributed by atoms with Crippen LogP contribution in [0.25, 0.3) is 0 Å². The smallest absolute Gasteiger partial charge is 0.103 e. The number of halogens is 1. The Morgan fingerprint density at radius 3 is 2.94 bits per heavy atom. The maximum atomic E-state index is 9.15. The Morgan fingerprint density at radius 2 is 2.28 bits per heavy atom. The summed E-state index contributed by atoms with van der Waals surface area (Å²) in [6, 6.07) is 10.4. The number of thiophene rings is 1. The molecule has 0 bridgehead atoms. The van der Waals surface area contributed by atoms with Gasteiger partial charge in [-0.1, -0.05) is 6.07 Å². The van der Waals surface area contributed by atoms with E-state index in [4.69, 9.17) is 5.26 Å². The summed E-state index contributed by atoms with van der Waals surface area (Å²) in [7, 11) is 0. The third-order valence-electron chi connectivity index (χ3n) is 2.65. The molecule has 1 N–H and O–H groups in total. The van der Waals surface area contributed by atoms with E-state index >= 15 is 0 Å². The van der Waals surface area contributed by atoms with Gasteiger partial charge in [0.05, 0.1) is 11.3 Å². The first kappa shape index (κ1) is 13.1. The zero-order valence-electron chi connectivity index (χ0n) is 9.98. The van der Waals surface area contributed by atoms with Crippen LogP contribution in [0.15, 0.2) is 39.5 Å². The molecular formula is C14H13BrN2S. The minimum atomic E-state index is 0.293. The number of hydrogen-bond acceptors (Lipinski definition) is 3. The summed E-state index contributed by atoms with van der Waals surface area (Å²) in [5.74, 6) is 0. The molecule has 0 saturated heterocycles. The molecule has 0 spiro atoms. The Kier molecular flexibility index (Phi) is 4.40. The van der Waals surface area contributed by atoms with Gasteiger partial charge >= 0.3 is 0 Å². The molecule has 1 unspecified atom stereocenters. The van der Waals surface area contributed by atoms with Crippen LogP contribution in [0.2, 0.25) is 0 Å². The van der Waals surface area contributed by atoms with Crippen LogP contribution in [0.4, 0.5) is 5.69 Å². The quantitative estimate of drug-likeness (QED) is 0.904. The zero-order valence-corrected chi connectivity index (χ0v) is 12.4. The number of nitriles is 1. The molecule has 0 aliphatic rings. The third kappa shape index (κ3) is 3.12. The fourth-order valence-electron chi connectivity index (χ4n) is 1.84. The lowest BCUT2D eigenvalue weighted by Gasteiger charge is -2.16. The van der Waals surface area contributed by atoms with Gasteiger partial charge in [-0.2, -0.15) is 16.6 Å². The van der Waals surface area contributed by atoms with Gasteiger partial charge in [-0.3, -0.25) is 0 Å². The average Bonchev–Trinajstić information content (AvgIpc) is 2.82. The van der Waals surface area contributed by atoms with Gasteiger partial charge < -0.3 is 5.32 Å². The van der Waals surface area contributed by atoms with Gasteiger partial charge in [0.15, 0.2) is 0 Å². The van der Waals surface area contributed by atoms with Crippen molar-refractivity contribution in [2.75, 3.05) is 5.32 Å². The first-order valence-electron chi connectivity index (χ1n) is 5.67. The molecular weight excluding hydrogens is 308 g/mol. The Balaban J connectivity index is 2.10. The van der Waals surface area contributed by atoms with Crippen LogP contribution in [0.5, 0.6) is 0 Å². The van der Waals surface area contributed by atoms with E-state index in [-0.39, 0.29) is 0 Å². The van der Waals surface area contributed by atoms with E-state index in [0.717, 1.165) is 16.6 Å². The van der Waals surface area contributed by atoms with Crippen molar-refractivity contribution in [3.8, 4) is 6.07 Å². The zero-order chi connectivity index (χ0) is 13.0. The highest BCUT2D eigenvalue weighted by atomic mass is 79.9. The summed E-state index contributed by atoms with van der Waals surface area (Å²) in [5, 5.41) is 16.8. The first-order valence-corrected chi connectivity index (χ1v) is 7.40. The molecule has 0 aliphatic heterocycles. The van der Waals surface area contributed by atoms with Crippen molar-refractivity contribution >= 4 is 33.0 Å². The molecule has 0 radical (unpaired) electrons. The van der Waals surface area contributed by atoms with Crippen LogP contribution in [0.1, 0.15) is 18.1 Å². The topological polar surface area (TPSA) is 35.8 Å². The summed E-state index contributed by atoms with van der Waals surface area (Å²) in [6.07, 6.45) is 0.959. The summed E-state index contributed by atoms with van der Waals surface area (Å²) in [4.78, 5) is 0. The molecule has 18 heavy (non-hydrogen) atoms. The average molecular weight is 321 g/mol. The Labute approximate surface area is 119 Å². The number of hydrogen-bond donors (Lipinski definition) is 1. The van der Waals surface area contributed by atoms with E-state index < -0.39 is 0 Å². The molecule has 92 valence electrons. The first-order chi connectivity index (χ1) is 8.70. The molecule has 1 aromatic carbocycles. The lowest BCUT2D eigenvalue weighted by Crippen LogP contribution is -2.18. The van der Waals surface area contributed by atoms with Gasteiger partial charge in [0.1, 0.15) is 6.07 Å². The van der Waals surface area contributed by atoms with Crippen molar-refractivity contribution in [1.82, 2.24) is 0 Å². The SMILES string of the molecule is CC(Cc1ccsc1)Nc1cccc(Br)c1C#N. The van der Waals surface area contributed by atoms with Crippen LogP contribution in [-0.2, 0) is 6.42 Å². The Hall–Kier alpha value is -1.31. The molecule has 1 heterocycles. The number of anilines is 1. The number of benzene rings is 1. The number of rotatable bonds is 4. The molecule has 4 heteroatoms. The molecule has 2 aromatic rings. The molecule has 0 fully saturated rings. The normalized spacial score (nSPS) is 11.8. The van der Waals surface area contributed by atoms with Crippen molar-refractivity contribution in [3.05, 3.63) is 50.6 Å². The molecule has 2 nitrogen and oxygen atoms in total. The van der Waals surface area contributed by atoms with Crippen molar-refractivity contribution in [3.63, 3.8) is 0 Å². The highest BCUT2D eigenvalue weighted by Crippen LogP contribution is 2.24. The highest BCUT2D eigenvalue weighted by Gasteiger charge is 2.09. The predicted molar refractivity (Wildman–Crippen MR) is 80.0 cm³/mol. The van der Waals surface area contributed by atoms with Crippen LogP contribution in [0, 0.1) is 11.3 Å². The standard InChI is InChI=1S/C14H13BrN2S/c1-10(7-11-5-6-18-9-11)17-14-4-2-3-13(15)12(14)8-16/h2-6,9-10,17H,7H2,1H3. The van der Waals surface area contributed by atoms with E-state index in [0.29, 0.717) is 11.6 Å². The van der Waals surface area contributed by atoms with Crippen molar-refractivity contribution in [2.45, 2.75) is 19.4 Å². The van der Waals surface area contributed by atoms with Crippen molar-refractivity contribution < 1.29 is 0 Å². The molecule has 0 aliphatic carbocycles. The summed E-state index contributed by atoms with van der Waals surface area (Å²) in [5.41, 5.74) is 2.87. The van der Waals surface area contributed by atoms with Gasteiger partial charge in [-0.15, -0.1) is 0 Å². The summed E-state index contributed by atoms with van der Waals surface area (Å²) >= 11 is 5.11. The maximum absolute atomic E-state index is 9.15. The van der Waals surface area contributed by atoms with Crippen LogP contribution < -0.4 is 5.32 Å². The third-order valence-corrected chi connectivity index (χ3v) is 4.04. The second-order valence-corrected chi connectivity index (χ2v) is 5.79. The lowest BCUT2D eigenvalue weighted by atomic mass is 10.1. The molecule has 0 saturated carbocycles. The molecule has 1 aromatic heterocycles. The van der Waals surface area contributed by atoms with E-state index in [1.807, 2.05) is 18.2 Å². The van der Waals surface area contributed by atoms with E-state index in [1.54, 1.807) is 11.3 Å². The Bertz CT molecular complexity index is 558. The van der Waals surface area contributed by atoms with Gasteiger partial charge in [-0.25, -0.2) is 0 Å². The second-order valence-electron chi connectivity index (χ2n) is 4.16. The van der Waals surface area contributed by atoms with Crippen molar-refractivity contribution in [2.24, 2.45) is 0 Å².